The maximum Gasteiger partial charge on any atom is 0.279 e. The van der Waals surface area contributed by atoms with Gasteiger partial charge in [-0.05, 0) is 31.2 Å². The number of Topliss-reactive ketones (excluding diaryl/α,β-unsaturated/α-hetero) is 1. The molecule has 0 N–H and O–H groups in total. The van der Waals surface area contributed by atoms with Crippen molar-refractivity contribution in [3.05, 3.63) is 63.4 Å². The number of hydrogen-bond donors (Lipinski definition) is 0. The number of fused-ring (bicyclic) bond motifs is 1. The molecule has 0 aliphatic carbocycles. The number of thiazole rings is 1. The van der Waals surface area contributed by atoms with Crippen LogP contribution in [0.3, 0.4) is 0 Å². The Kier molecular flexibility index (Phi) is 4.15. The van der Waals surface area contributed by atoms with Crippen molar-refractivity contribution in [3.63, 3.8) is 0 Å². The largest absolute Gasteiger partial charge is 0.318 e. The van der Waals surface area contributed by atoms with E-state index in [1.165, 1.54) is 18.3 Å². The van der Waals surface area contributed by atoms with Crippen molar-refractivity contribution in [1.82, 2.24) is 4.57 Å². The highest BCUT2D eigenvalue weighted by atomic mass is 35.5. The lowest BCUT2D eigenvalue weighted by Crippen LogP contribution is -2.13. The number of aryl methyl sites for hydroxylation is 1. The second-order valence-electron chi connectivity index (χ2n) is 5.08. The first-order valence-electron chi connectivity index (χ1n) is 6.91. The molecule has 0 aliphatic heterocycles. The van der Waals surface area contributed by atoms with E-state index >= 15 is 0 Å². The number of ketones is 1. The average Bonchev–Trinajstić information content (AvgIpc) is 2.85. The van der Waals surface area contributed by atoms with Gasteiger partial charge in [-0.2, -0.15) is 4.99 Å². The molecule has 23 heavy (non-hydrogen) atoms. The molecule has 0 spiro atoms. The monoisotopic (exact) mass is 344 g/mol. The zero-order valence-electron chi connectivity index (χ0n) is 12.5. The van der Waals surface area contributed by atoms with Crippen LogP contribution in [0.4, 0.5) is 0 Å². The van der Waals surface area contributed by atoms with Gasteiger partial charge in [0.15, 0.2) is 10.6 Å². The van der Waals surface area contributed by atoms with Crippen LogP contribution in [0.2, 0.25) is 5.02 Å². The number of carbonyl (C=O) groups excluding carboxylic acids is 2. The first-order chi connectivity index (χ1) is 11.0. The number of aromatic nitrogens is 1. The predicted molar refractivity (Wildman–Crippen MR) is 92.1 cm³/mol. The molecule has 0 saturated carbocycles. The summed E-state index contributed by atoms with van der Waals surface area (Å²) in [7, 11) is 1.83. The lowest BCUT2D eigenvalue weighted by atomic mass is 10.1. The third kappa shape index (κ3) is 2.98. The maximum atomic E-state index is 12.3. The Labute approximate surface area is 141 Å². The molecule has 1 amide bonds. The number of para-hydroxylation sites is 1. The fourth-order valence-electron chi connectivity index (χ4n) is 2.26. The van der Waals surface area contributed by atoms with Crippen LogP contribution in [0, 0.1) is 0 Å². The number of carbonyl (C=O) groups is 2. The number of halogens is 1. The van der Waals surface area contributed by atoms with Gasteiger partial charge in [-0.1, -0.05) is 41.1 Å². The molecular weight excluding hydrogens is 332 g/mol. The van der Waals surface area contributed by atoms with E-state index in [1.54, 1.807) is 24.3 Å². The fourth-order valence-corrected chi connectivity index (χ4v) is 3.66. The molecule has 3 rings (SSSR count). The van der Waals surface area contributed by atoms with Gasteiger partial charge < -0.3 is 4.57 Å². The maximum absolute atomic E-state index is 12.3. The SMILES string of the molecule is CC(=O)c1ccc(C(=O)N=c2sc3cccc(Cl)c3n2C)cc1. The number of nitrogens with zero attached hydrogens (tertiary/aromatic N) is 2. The van der Waals surface area contributed by atoms with Crippen LogP contribution in [0.1, 0.15) is 27.6 Å². The van der Waals surface area contributed by atoms with Crippen LogP contribution >= 0.6 is 22.9 Å². The number of benzene rings is 2. The minimum Gasteiger partial charge on any atom is -0.318 e. The smallest absolute Gasteiger partial charge is 0.279 e. The summed E-state index contributed by atoms with van der Waals surface area (Å²) >= 11 is 7.61. The summed E-state index contributed by atoms with van der Waals surface area (Å²) in [4.78, 5) is 28.3. The van der Waals surface area contributed by atoms with Gasteiger partial charge in [0, 0.05) is 18.2 Å². The highest BCUT2D eigenvalue weighted by molar-refractivity contribution is 7.16. The van der Waals surface area contributed by atoms with E-state index in [4.69, 9.17) is 11.6 Å². The molecule has 4 nitrogen and oxygen atoms in total. The van der Waals surface area contributed by atoms with Gasteiger partial charge in [0.25, 0.3) is 5.91 Å². The summed E-state index contributed by atoms with van der Waals surface area (Å²) in [5.74, 6) is -0.384. The zero-order chi connectivity index (χ0) is 16.6. The Balaban J connectivity index is 2.04. The van der Waals surface area contributed by atoms with Crippen molar-refractivity contribution in [1.29, 1.82) is 0 Å². The Bertz CT molecular complexity index is 984. The van der Waals surface area contributed by atoms with Crippen LogP contribution in [0.15, 0.2) is 47.5 Å². The standard InChI is InChI=1S/C17H13ClN2O2S/c1-10(21)11-6-8-12(9-7-11)16(22)19-17-20(2)15-13(18)4-3-5-14(15)23-17/h3-9H,1-2H3. The van der Waals surface area contributed by atoms with Crippen LogP contribution in [-0.4, -0.2) is 16.3 Å². The highest BCUT2D eigenvalue weighted by Gasteiger charge is 2.09. The summed E-state index contributed by atoms with van der Waals surface area (Å²) in [6, 6.07) is 12.1. The summed E-state index contributed by atoms with van der Waals surface area (Å²) in [6.45, 7) is 1.49. The van der Waals surface area contributed by atoms with Crippen LogP contribution in [0.5, 0.6) is 0 Å². The molecule has 0 fully saturated rings. The Morgan fingerprint density at radius 3 is 2.35 bits per heavy atom. The molecule has 0 unspecified atom stereocenters. The average molecular weight is 345 g/mol. The molecule has 6 heteroatoms. The van der Waals surface area contributed by atoms with Crippen molar-refractivity contribution in [2.75, 3.05) is 0 Å². The molecule has 0 radical (unpaired) electrons. The second-order valence-corrected chi connectivity index (χ2v) is 6.50. The van der Waals surface area contributed by atoms with Gasteiger partial charge >= 0.3 is 0 Å². The molecule has 3 aromatic rings. The molecule has 0 saturated heterocycles. The molecule has 2 aromatic carbocycles. The predicted octanol–water partition coefficient (Wildman–Crippen LogP) is 3.84. The third-order valence-electron chi connectivity index (χ3n) is 3.51. The van der Waals surface area contributed by atoms with E-state index in [2.05, 4.69) is 4.99 Å². The van der Waals surface area contributed by atoms with Crippen molar-refractivity contribution in [2.45, 2.75) is 6.92 Å². The van der Waals surface area contributed by atoms with E-state index in [0.717, 1.165) is 10.2 Å². The molecular formula is C17H13ClN2O2S. The topological polar surface area (TPSA) is 51.4 Å². The normalized spacial score (nSPS) is 11.9. The van der Waals surface area contributed by atoms with Crippen molar-refractivity contribution < 1.29 is 9.59 Å². The number of rotatable bonds is 2. The molecule has 1 heterocycles. The lowest BCUT2D eigenvalue weighted by Gasteiger charge is -1.99. The van der Waals surface area contributed by atoms with E-state index in [-0.39, 0.29) is 11.7 Å². The van der Waals surface area contributed by atoms with E-state index in [9.17, 15) is 9.59 Å². The second kappa shape index (κ2) is 6.10. The Hall–Kier alpha value is -2.24. The molecule has 0 aliphatic rings. The Morgan fingerprint density at radius 1 is 1.09 bits per heavy atom. The fraction of sp³-hybridized carbons (Fsp3) is 0.118. The summed E-state index contributed by atoms with van der Waals surface area (Å²) in [5.41, 5.74) is 1.87. The molecule has 116 valence electrons. The van der Waals surface area contributed by atoms with E-state index in [1.807, 2.05) is 29.8 Å². The lowest BCUT2D eigenvalue weighted by molar-refractivity contribution is 0.0991. The minimum atomic E-state index is -0.349. The first kappa shape index (κ1) is 15.6. The van der Waals surface area contributed by atoms with Crippen LogP contribution in [0.25, 0.3) is 10.2 Å². The quantitative estimate of drug-likeness (QED) is 0.663. The van der Waals surface area contributed by atoms with E-state index < -0.39 is 0 Å². The van der Waals surface area contributed by atoms with Gasteiger partial charge in [0.05, 0.1) is 15.2 Å². The first-order valence-corrected chi connectivity index (χ1v) is 8.11. The molecule has 1 aromatic heterocycles. The molecule has 0 atom stereocenters. The van der Waals surface area contributed by atoms with Gasteiger partial charge in [-0.15, -0.1) is 0 Å². The zero-order valence-corrected chi connectivity index (χ0v) is 14.1. The molecule has 0 bridgehead atoms. The van der Waals surface area contributed by atoms with Crippen LogP contribution < -0.4 is 4.80 Å². The van der Waals surface area contributed by atoms with E-state index in [0.29, 0.717) is 21.0 Å². The number of hydrogen-bond acceptors (Lipinski definition) is 3. The van der Waals surface area contributed by atoms with Gasteiger partial charge in [-0.3, -0.25) is 9.59 Å². The Morgan fingerprint density at radius 2 is 1.74 bits per heavy atom. The summed E-state index contributed by atoms with van der Waals surface area (Å²) in [6.07, 6.45) is 0. The summed E-state index contributed by atoms with van der Waals surface area (Å²) in [5, 5.41) is 0.626. The van der Waals surface area contributed by atoms with Gasteiger partial charge in [0.1, 0.15) is 0 Å². The number of amides is 1. The van der Waals surface area contributed by atoms with Gasteiger partial charge in [-0.25, -0.2) is 0 Å². The van der Waals surface area contributed by atoms with Crippen LogP contribution in [-0.2, 0) is 7.05 Å². The highest BCUT2D eigenvalue weighted by Crippen LogP contribution is 2.24. The summed E-state index contributed by atoms with van der Waals surface area (Å²) < 4.78 is 2.78. The minimum absolute atomic E-state index is 0.0357. The van der Waals surface area contributed by atoms with Crippen molar-refractivity contribution in [3.8, 4) is 0 Å². The van der Waals surface area contributed by atoms with Gasteiger partial charge in [0.2, 0.25) is 0 Å². The van der Waals surface area contributed by atoms with Crippen molar-refractivity contribution in [2.24, 2.45) is 12.0 Å². The third-order valence-corrected chi connectivity index (χ3v) is 4.91. The van der Waals surface area contributed by atoms with Crippen molar-refractivity contribution >= 4 is 44.8 Å².